The Hall–Kier alpha value is -0.920. The molecular weight excluding hydrogens is 172 g/mol. The van der Waals surface area contributed by atoms with Crippen LogP contribution in [-0.2, 0) is 0 Å². The zero-order chi connectivity index (χ0) is 12.2. The topological polar surface area (TPSA) is 24.7 Å². The molecule has 0 spiro atoms. The first-order chi connectivity index (χ1) is 6.83. The molecule has 0 unspecified atom stereocenters. The minimum atomic E-state index is 1.50. The zero-order valence-electron chi connectivity index (χ0n) is 11.2. The molecule has 0 aromatic carbocycles. The van der Waals surface area contributed by atoms with Crippen molar-refractivity contribution in [3.05, 3.63) is 12.2 Å². The summed E-state index contributed by atoms with van der Waals surface area (Å²) in [6.07, 6.45) is 7.19. The Morgan fingerprint density at radius 2 is 1.14 bits per heavy atom. The Bertz CT molecular complexity index is 99.5. The van der Waals surface area contributed by atoms with Gasteiger partial charge in [0.2, 0.25) is 0 Å². The van der Waals surface area contributed by atoms with E-state index >= 15 is 0 Å². The lowest BCUT2D eigenvalue weighted by Crippen LogP contribution is -1.61. The third-order valence-corrected chi connectivity index (χ3v) is 0.665. The van der Waals surface area contributed by atoms with Crippen LogP contribution in [0.3, 0.4) is 0 Å². The summed E-state index contributed by atoms with van der Waals surface area (Å²) >= 11 is 0. The predicted octanol–water partition coefficient (Wildman–Crippen LogP) is 4.37. The molecule has 0 aliphatic rings. The maximum absolute atomic E-state index is 3.67. The molecule has 0 atom stereocenters. The van der Waals surface area contributed by atoms with Gasteiger partial charge >= 0.3 is 0 Å². The van der Waals surface area contributed by atoms with Crippen molar-refractivity contribution < 1.29 is 0 Å². The lowest BCUT2D eigenvalue weighted by molar-refractivity contribution is 1.45. The molecule has 2 nitrogen and oxygen atoms in total. The van der Waals surface area contributed by atoms with Crippen molar-refractivity contribution in [2.45, 2.75) is 48.5 Å². The van der Waals surface area contributed by atoms with Gasteiger partial charge in [-0.05, 0) is 20.8 Å². The molecule has 14 heavy (non-hydrogen) atoms. The van der Waals surface area contributed by atoms with Crippen molar-refractivity contribution in [2.24, 2.45) is 9.98 Å². The molecule has 0 aromatic rings. The molecule has 2 heteroatoms. The number of rotatable bonds is 1. The molecule has 0 rings (SSSR count). The van der Waals surface area contributed by atoms with Gasteiger partial charge in [-0.15, -0.1) is 0 Å². The van der Waals surface area contributed by atoms with Gasteiger partial charge in [0.15, 0.2) is 0 Å². The van der Waals surface area contributed by atoms with Gasteiger partial charge in [0, 0.05) is 13.3 Å². The van der Waals surface area contributed by atoms with Crippen molar-refractivity contribution in [1.82, 2.24) is 0 Å². The predicted molar refractivity (Wildman–Crippen MR) is 71.8 cm³/mol. The fourth-order valence-electron chi connectivity index (χ4n) is 0.133. The van der Waals surface area contributed by atoms with Crippen LogP contribution in [0.1, 0.15) is 48.5 Å². The number of hydrogen-bond acceptors (Lipinski definition) is 1. The molecule has 0 aliphatic heterocycles. The van der Waals surface area contributed by atoms with Crippen LogP contribution in [-0.4, -0.2) is 19.6 Å². The van der Waals surface area contributed by atoms with Crippen LogP contribution in [0.25, 0.3) is 0 Å². The van der Waals surface area contributed by atoms with E-state index in [1.165, 1.54) is 6.34 Å². The maximum Gasteiger partial charge on any atom is 0.109 e. The van der Waals surface area contributed by atoms with Gasteiger partial charge in [-0.25, -0.2) is 0 Å². The fourth-order valence-corrected chi connectivity index (χ4v) is 0.133. The van der Waals surface area contributed by atoms with Gasteiger partial charge in [-0.3, -0.25) is 9.98 Å². The number of allylic oxidation sites excluding steroid dienone is 2. The molecule has 0 heterocycles. The number of nitrogens with zero attached hydrogens (tertiary/aromatic N) is 2. The lowest BCUT2D eigenvalue weighted by atomic mass is 10.6. The number of aliphatic imine (C=N–C) groups is 2. The van der Waals surface area contributed by atoms with Crippen molar-refractivity contribution in [1.29, 1.82) is 0 Å². The smallest absolute Gasteiger partial charge is 0.109 e. The average Bonchev–Trinajstić information content (AvgIpc) is 2.32. The van der Waals surface area contributed by atoms with Gasteiger partial charge in [0.05, 0.1) is 0 Å². The Labute approximate surface area is 90.9 Å². The first-order valence-electron chi connectivity index (χ1n) is 5.29. The molecule has 0 saturated heterocycles. The van der Waals surface area contributed by atoms with E-state index in [4.69, 9.17) is 0 Å². The first-order valence-corrected chi connectivity index (χ1v) is 5.29. The quantitative estimate of drug-likeness (QED) is 0.341. The summed E-state index contributed by atoms with van der Waals surface area (Å²) < 4.78 is 0. The summed E-state index contributed by atoms with van der Waals surface area (Å²) in [5.41, 5.74) is 0. The number of hydrogen-bond donors (Lipinski definition) is 0. The van der Waals surface area contributed by atoms with Crippen molar-refractivity contribution in [3.8, 4) is 0 Å². The first kappa shape index (κ1) is 23.2. The molecular formula is C12H28N2. The Balaban J connectivity index is -0.0000000546. The Kier molecular flexibility index (Phi) is 95.0. The summed E-state index contributed by atoms with van der Waals surface area (Å²) in [7, 11) is 1.69. The van der Waals surface area contributed by atoms with E-state index in [1.807, 2.05) is 60.6 Å². The molecule has 0 aromatic heterocycles. The van der Waals surface area contributed by atoms with Crippen molar-refractivity contribution >= 4 is 12.6 Å². The average molecular weight is 200 g/mol. The highest BCUT2D eigenvalue weighted by molar-refractivity contribution is 5.70. The third-order valence-electron chi connectivity index (χ3n) is 0.665. The summed E-state index contributed by atoms with van der Waals surface area (Å²) in [6, 6.07) is 0. The van der Waals surface area contributed by atoms with E-state index in [1.54, 1.807) is 13.3 Å². The molecule has 0 saturated carbocycles. The molecule has 0 aliphatic carbocycles. The van der Waals surface area contributed by atoms with Gasteiger partial charge < -0.3 is 0 Å². The summed E-state index contributed by atoms with van der Waals surface area (Å²) in [5.74, 6) is 0. The van der Waals surface area contributed by atoms with Gasteiger partial charge in [0.25, 0.3) is 0 Å². The van der Waals surface area contributed by atoms with E-state index in [2.05, 4.69) is 9.98 Å². The normalized spacial score (nSPS) is 8.57. The van der Waals surface area contributed by atoms with E-state index in [0.717, 1.165) is 0 Å². The molecule has 0 N–H and O–H groups in total. The minimum absolute atomic E-state index is 1.50. The zero-order valence-corrected chi connectivity index (χ0v) is 11.2. The third kappa shape index (κ3) is 119. The molecule has 0 bridgehead atoms. The molecule has 0 radical (unpaired) electrons. The second kappa shape index (κ2) is 57.5. The second-order valence-corrected chi connectivity index (χ2v) is 1.45. The van der Waals surface area contributed by atoms with Crippen LogP contribution in [0.4, 0.5) is 0 Å². The van der Waals surface area contributed by atoms with Crippen LogP contribution in [0.2, 0.25) is 0 Å². The fraction of sp³-hybridized carbons (Fsp3) is 0.667. The molecule has 0 fully saturated rings. The van der Waals surface area contributed by atoms with Crippen LogP contribution in [0.5, 0.6) is 0 Å². The Morgan fingerprint density at radius 3 is 1.21 bits per heavy atom. The van der Waals surface area contributed by atoms with Gasteiger partial charge in [0.1, 0.15) is 6.34 Å². The lowest BCUT2D eigenvalue weighted by Gasteiger charge is -1.64. The summed E-state index contributed by atoms with van der Waals surface area (Å²) in [5, 5.41) is 0. The van der Waals surface area contributed by atoms with E-state index in [9.17, 15) is 0 Å². The standard InChI is InChI=1S/C4H8N2.C4H8.2C2H6/c1-3-6-4-5-2;1-3-4-2;2*1-2/h3-4H,1-2H3;3-4H,1-2H3;2*1-2H3/b;4-3-;;. The van der Waals surface area contributed by atoms with Crippen LogP contribution in [0, 0.1) is 0 Å². The van der Waals surface area contributed by atoms with Crippen LogP contribution >= 0.6 is 0 Å². The second-order valence-electron chi connectivity index (χ2n) is 1.45. The van der Waals surface area contributed by atoms with E-state index < -0.39 is 0 Å². The van der Waals surface area contributed by atoms with Crippen molar-refractivity contribution in [3.63, 3.8) is 0 Å². The molecule has 86 valence electrons. The summed E-state index contributed by atoms with van der Waals surface area (Å²) in [6.45, 7) is 13.8. The maximum atomic E-state index is 3.67. The minimum Gasteiger partial charge on any atom is -0.277 e. The highest BCUT2D eigenvalue weighted by Crippen LogP contribution is 1.57. The van der Waals surface area contributed by atoms with Crippen LogP contribution < -0.4 is 0 Å². The van der Waals surface area contributed by atoms with Crippen LogP contribution in [0.15, 0.2) is 22.1 Å². The van der Waals surface area contributed by atoms with E-state index in [0.29, 0.717) is 0 Å². The largest absolute Gasteiger partial charge is 0.277 e. The SMILES string of the molecule is C/C=C\C.CC.CC.CC=NC=NC. The van der Waals surface area contributed by atoms with Crippen molar-refractivity contribution in [2.75, 3.05) is 7.05 Å². The molecule has 0 amide bonds. The van der Waals surface area contributed by atoms with Gasteiger partial charge in [-0.1, -0.05) is 39.8 Å². The Morgan fingerprint density at radius 1 is 0.786 bits per heavy atom. The van der Waals surface area contributed by atoms with Gasteiger partial charge in [-0.2, -0.15) is 0 Å². The highest BCUT2D eigenvalue weighted by Gasteiger charge is 1.48. The monoisotopic (exact) mass is 200 g/mol. The van der Waals surface area contributed by atoms with E-state index in [-0.39, 0.29) is 0 Å². The summed E-state index contributed by atoms with van der Waals surface area (Å²) in [4.78, 5) is 7.28. The highest BCUT2D eigenvalue weighted by atomic mass is 14.8.